The van der Waals surface area contributed by atoms with Crippen LogP contribution in [0.4, 0.5) is 8.78 Å². The van der Waals surface area contributed by atoms with Crippen molar-refractivity contribution in [3.8, 4) is 0 Å². The average Bonchev–Trinajstić information content (AvgIpc) is 1.65. The molecule has 0 saturated carbocycles. The van der Waals surface area contributed by atoms with Gasteiger partial charge in [0.1, 0.15) is 13.3 Å². The first-order valence-electron chi connectivity index (χ1n) is 1.77. The van der Waals surface area contributed by atoms with Gasteiger partial charge in [0.15, 0.2) is 0 Å². The summed E-state index contributed by atoms with van der Waals surface area (Å²) in [6, 6.07) is 0. The van der Waals surface area contributed by atoms with E-state index in [4.69, 9.17) is 23.2 Å². The van der Waals surface area contributed by atoms with Crippen molar-refractivity contribution in [2.24, 2.45) is 0 Å². The predicted molar refractivity (Wildman–Crippen MR) is 32.8 cm³/mol. The third-order valence-corrected chi connectivity index (χ3v) is 0.0714. The van der Waals surface area contributed by atoms with Crippen LogP contribution < -0.4 is 0 Å². The lowest BCUT2D eigenvalue weighted by atomic mass is 10.9. The lowest BCUT2D eigenvalue weighted by Crippen LogP contribution is -1.68. The SMILES string of the molecule is C=C(Cl)Cl.FCCF. The number of hydrogen-bond acceptors (Lipinski definition) is 0. The Kier molecular flexibility index (Phi) is 14.1. The molecule has 0 radical (unpaired) electrons. The van der Waals surface area contributed by atoms with Gasteiger partial charge in [-0.1, -0.05) is 29.8 Å². The maximum absolute atomic E-state index is 10.3. The minimum atomic E-state index is -0.847. The Hall–Kier alpha value is 0.180. The van der Waals surface area contributed by atoms with Crippen molar-refractivity contribution in [3.05, 3.63) is 11.1 Å². The van der Waals surface area contributed by atoms with Crippen molar-refractivity contribution in [3.63, 3.8) is 0 Å². The monoisotopic (exact) mass is 162 g/mol. The molecule has 0 spiro atoms. The number of hydrogen-bond donors (Lipinski definition) is 0. The highest BCUT2D eigenvalue weighted by atomic mass is 35.5. The summed E-state index contributed by atoms with van der Waals surface area (Å²) in [7, 11) is 0. The van der Waals surface area contributed by atoms with E-state index in [1.54, 1.807) is 0 Å². The maximum atomic E-state index is 10.3. The molecule has 0 aliphatic heterocycles. The largest absolute Gasteiger partial charge is 0.248 e. The van der Waals surface area contributed by atoms with Gasteiger partial charge in [-0.05, 0) is 0 Å². The summed E-state index contributed by atoms with van der Waals surface area (Å²) in [4.78, 5) is 0. The molecule has 50 valence electrons. The Morgan fingerprint density at radius 3 is 1.38 bits per heavy atom. The van der Waals surface area contributed by atoms with Gasteiger partial charge in [-0.15, -0.1) is 0 Å². The summed E-state index contributed by atoms with van der Waals surface area (Å²) in [5.74, 6) is 0. The van der Waals surface area contributed by atoms with Crippen LogP contribution in [0.2, 0.25) is 0 Å². The average molecular weight is 163 g/mol. The highest BCUT2D eigenvalue weighted by Crippen LogP contribution is 1.98. The summed E-state index contributed by atoms with van der Waals surface area (Å²) in [5.41, 5.74) is 0. The van der Waals surface area contributed by atoms with Crippen LogP contribution in [0, 0.1) is 0 Å². The van der Waals surface area contributed by atoms with Gasteiger partial charge < -0.3 is 0 Å². The van der Waals surface area contributed by atoms with Gasteiger partial charge in [0.2, 0.25) is 0 Å². The molecule has 0 unspecified atom stereocenters. The molecule has 0 aromatic carbocycles. The minimum absolute atomic E-state index is 0.111. The number of halogens is 4. The topological polar surface area (TPSA) is 0 Å². The molecular weight excluding hydrogens is 157 g/mol. The molecule has 0 aliphatic rings. The first-order chi connectivity index (χ1) is 3.65. The van der Waals surface area contributed by atoms with Crippen molar-refractivity contribution in [2.45, 2.75) is 0 Å². The molecule has 0 rings (SSSR count). The molecule has 0 aromatic heterocycles. The van der Waals surface area contributed by atoms with Crippen LogP contribution >= 0.6 is 23.2 Å². The smallest absolute Gasteiger partial charge is 0.118 e. The predicted octanol–water partition coefficient (Wildman–Crippen LogP) is 2.86. The van der Waals surface area contributed by atoms with E-state index in [0.717, 1.165) is 0 Å². The zero-order chi connectivity index (χ0) is 6.99. The molecule has 0 saturated heterocycles. The molecule has 0 nitrogen and oxygen atoms in total. The summed E-state index contributed by atoms with van der Waals surface area (Å²) in [6.45, 7) is 1.39. The van der Waals surface area contributed by atoms with Crippen LogP contribution in [0.3, 0.4) is 0 Å². The maximum Gasteiger partial charge on any atom is 0.118 e. The lowest BCUT2D eigenvalue weighted by Gasteiger charge is -1.61. The van der Waals surface area contributed by atoms with Gasteiger partial charge >= 0.3 is 0 Å². The third-order valence-electron chi connectivity index (χ3n) is 0.0714. The summed E-state index contributed by atoms with van der Waals surface area (Å²) >= 11 is 9.69. The molecule has 0 atom stereocenters. The van der Waals surface area contributed by atoms with Crippen molar-refractivity contribution >= 4 is 23.2 Å². The second-order valence-electron chi connectivity index (χ2n) is 0.717. The molecule has 0 aliphatic carbocycles. The van der Waals surface area contributed by atoms with Crippen molar-refractivity contribution in [2.75, 3.05) is 13.3 Å². The van der Waals surface area contributed by atoms with E-state index >= 15 is 0 Å². The molecule has 0 heterocycles. The molecule has 0 aromatic rings. The fourth-order valence-electron chi connectivity index (χ4n) is 0. The summed E-state index contributed by atoms with van der Waals surface area (Å²) < 4.78 is 20.8. The molecule has 0 bridgehead atoms. The molecule has 4 heteroatoms. The lowest BCUT2D eigenvalue weighted by molar-refractivity contribution is 0.380. The van der Waals surface area contributed by atoms with E-state index in [9.17, 15) is 8.78 Å². The van der Waals surface area contributed by atoms with Gasteiger partial charge in [-0.2, -0.15) is 0 Å². The normalized spacial score (nSPS) is 7.00. The summed E-state index contributed by atoms with van der Waals surface area (Å²) in [6.07, 6.45) is 0. The number of alkyl halides is 2. The Bertz CT molecular complexity index is 50.0. The van der Waals surface area contributed by atoms with E-state index in [1.807, 2.05) is 0 Å². The van der Waals surface area contributed by atoms with E-state index in [2.05, 4.69) is 6.58 Å². The highest BCUT2D eigenvalue weighted by Gasteiger charge is 1.65. The van der Waals surface area contributed by atoms with Gasteiger partial charge in [0.25, 0.3) is 0 Å². The van der Waals surface area contributed by atoms with E-state index < -0.39 is 13.3 Å². The summed E-state index contributed by atoms with van der Waals surface area (Å²) in [5, 5.41) is 0. The third kappa shape index (κ3) is 119. The molecular formula is C4H6Cl2F2. The van der Waals surface area contributed by atoms with Crippen LogP contribution in [0.25, 0.3) is 0 Å². The molecule has 0 fully saturated rings. The highest BCUT2D eigenvalue weighted by molar-refractivity contribution is 6.55. The Balaban J connectivity index is 0. The first-order valence-corrected chi connectivity index (χ1v) is 2.52. The van der Waals surface area contributed by atoms with E-state index in [0.29, 0.717) is 0 Å². The second-order valence-corrected chi connectivity index (χ2v) is 1.82. The minimum Gasteiger partial charge on any atom is -0.248 e. The van der Waals surface area contributed by atoms with Crippen LogP contribution in [-0.2, 0) is 0 Å². The Morgan fingerprint density at radius 2 is 1.38 bits per heavy atom. The van der Waals surface area contributed by atoms with Crippen LogP contribution in [0.15, 0.2) is 11.1 Å². The first kappa shape index (κ1) is 11.0. The van der Waals surface area contributed by atoms with Gasteiger partial charge in [-0.3, -0.25) is 0 Å². The Labute approximate surface area is 57.1 Å². The fraction of sp³-hybridized carbons (Fsp3) is 0.500. The van der Waals surface area contributed by atoms with Crippen LogP contribution in [-0.4, -0.2) is 13.3 Å². The van der Waals surface area contributed by atoms with E-state index in [1.165, 1.54) is 0 Å². The van der Waals surface area contributed by atoms with Gasteiger partial charge in [-0.25, -0.2) is 8.78 Å². The molecule has 8 heavy (non-hydrogen) atoms. The fourth-order valence-corrected chi connectivity index (χ4v) is 0. The zero-order valence-electron chi connectivity index (χ0n) is 4.13. The molecule has 0 amide bonds. The van der Waals surface area contributed by atoms with Gasteiger partial charge in [0, 0.05) is 0 Å². The quantitative estimate of drug-likeness (QED) is 0.557. The van der Waals surface area contributed by atoms with Crippen molar-refractivity contribution in [1.29, 1.82) is 0 Å². The Morgan fingerprint density at radius 1 is 1.25 bits per heavy atom. The van der Waals surface area contributed by atoms with Crippen LogP contribution in [0.5, 0.6) is 0 Å². The van der Waals surface area contributed by atoms with Crippen molar-refractivity contribution < 1.29 is 8.78 Å². The van der Waals surface area contributed by atoms with Crippen LogP contribution in [0.1, 0.15) is 0 Å². The standard InChI is InChI=1S/C2H2Cl2.C2H4F2/c1-2(3)4;3-1-2-4/h1H2;1-2H2. The van der Waals surface area contributed by atoms with E-state index in [-0.39, 0.29) is 4.49 Å². The molecule has 0 N–H and O–H groups in total. The zero-order valence-corrected chi connectivity index (χ0v) is 5.65. The van der Waals surface area contributed by atoms with Crippen molar-refractivity contribution in [1.82, 2.24) is 0 Å². The van der Waals surface area contributed by atoms with Gasteiger partial charge in [0.05, 0.1) is 4.49 Å². The number of rotatable bonds is 1. The second kappa shape index (κ2) is 10.2.